The molecule has 3 aromatic rings. The molecule has 0 aliphatic carbocycles. The summed E-state index contributed by atoms with van der Waals surface area (Å²) in [5, 5.41) is 15.6. The van der Waals surface area contributed by atoms with Crippen molar-refractivity contribution >= 4 is 22.8 Å². The van der Waals surface area contributed by atoms with Crippen LogP contribution in [0.2, 0.25) is 0 Å². The van der Waals surface area contributed by atoms with Crippen LogP contribution in [0.4, 0.5) is 5.82 Å². The molecule has 7 nitrogen and oxygen atoms in total. The molecule has 0 saturated heterocycles. The number of fused-ring (bicyclic) bond motifs is 1. The molecular weight excluding hydrogens is 268 g/mol. The van der Waals surface area contributed by atoms with Crippen molar-refractivity contribution in [1.82, 2.24) is 19.7 Å². The first-order chi connectivity index (χ1) is 10.2. The fourth-order valence-electron chi connectivity index (χ4n) is 2.02. The number of carbonyl (C=O) groups excluding carboxylic acids is 1. The summed E-state index contributed by atoms with van der Waals surface area (Å²) in [4.78, 5) is 20.8. The summed E-state index contributed by atoms with van der Waals surface area (Å²) in [6.07, 6.45) is 4.50. The second-order valence-corrected chi connectivity index (χ2v) is 4.33. The van der Waals surface area contributed by atoms with Crippen molar-refractivity contribution < 1.29 is 4.79 Å². The molecule has 0 fully saturated rings. The number of rotatable bonds is 2. The summed E-state index contributed by atoms with van der Waals surface area (Å²) in [5.41, 5.74) is 1.84. The van der Waals surface area contributed by atoms with E-state index in [4.69, 9.17) is 5.26 Å². The van der Waals surface area contributed by atoms with Crippen LogP contribution in [0.3, 0.4) is 0 Å². The van der Waals surface area contributed by atoms with Gasteiger partial charge in [0.1, 0.15) is 23.0 Å². The van der Waals surface area contributed by atoms with Crippen LogP contribution in [-0.2, 0) is 7.05 Å². The third-order valence-electron chi connectivity index (χ3n) is 3.03. The molecular formula is C14H10N6O. The van der Waals surface area contributed by atoms with Crippen molar-refractivity contribution in [1.29, 1.82) is 5.26 Å². The van der Waals surface area contributed by atoms with E-state index in [1.54, 1.807) is 31.4 Å². The van der Waals surface area contributed by atoms with E-state index in [0.29, 0.717) is 28.0 Å². The molecule has 0 aliphatic rings. The fraction of sp³-hybridized carbons (Fsp3) is 0.0714. The van der Waals surface area contributed by atoms with Crippen LogP contribution in [0.25, 0.3) is 11.0 Å². The monoisotopic (exact) mass is 278 g/mol. The van der Waals surface area contributed by atoms with Crippen LogP contribution in [0.5, 0.6) is 0 Å². The number of amides is 1. The van der Waals surface area contributed by atoms with Gasteiger partial charge in [-0.2, -0.15) is 10.4 Å². The highest BCUT2D eigenvalue weighted by Crippen LogP contribution is 2.18. The zero-order valence-corrected chi connectivity index (χ0v) is 11.1. The van der Waals surface area contributed by atoms with Gasteiger partial charge in [0, 0.05) is 19.4 Å². The van der Waals surface area contributed by atoms with E-state index < -0.39 is 0 Å². The standard InChI is InChI=1S/C14H10N6O/c1-20-13(9(7-15)8-18-20)19-14(21)10-3-2-4-11-12(10)17-6-5-16-11/h2-6,8H,1H3,(H,19,21). The molecule has 0 aliphatic heterocycles. The minimum Gasteiger partial charge on any atom is -0.306 e. The molecule has 2 heterocycles. The predicted molar refractivity (Wildman–Crippen MR) is 75.4 cm³/mol. The van der Waals surface area contributed by atoms with Gasteiger partial charge in [-0.3, -0.25) is 19.4 Å². The first kappa shape index (κ1) is 12.7. The Labute approximate surface area is 119 Å². The summed E-state index contributed by atoms with van der Waals surface area (Å²) in [7, 11) is 1.65. The maximum atomic E-state index is 12.4. The molecule has 0 spiro atoms. The molecule has 0 bridgehead atoms. The molecule has 102 valence electrons. The van der Waals surface area contributed by atoms with Crippen LogP contribution in [-0.4, -0.2) is 25.7 Å². The number of anilines is 1. The molecule has 7 heteroatoms. The van der Waals surface area contributed by atoms with Crippen molar-refractivity contribution in [2.24, 2.45) is 7.05 Å². The Morgan fingerprint density at radius 2 is 2.14 bits per heavy atom. The molecule has 1 amide bonds. The van der Waals surface area contributed by atoms with Gasteiger partial charge in [0.2, 0.25) is 0 Å². The van der Waals surface area contributed by atoms with Gasteiger partial charge in [0.05, 0.1) is 17.3 Å². The number of para-hydroxylation sites is 1. The SMILES string of the molecule is Cn1ncc(C#N)c1NC(=O)c1cccc2nccnc12. The van der Waals surface area contributed by atoms with Crippen LogP contribution in [0.15, 0.2) is 36.8 Å². The average molecular weight is 278 g/mol. The number of nitriles is 1. The lowest BCUT2D eigenvalue weighted by Gasteiger charge is -2.07. The zero-order chi connectivity index (χ0) is 14.8. The largest absolute Gasteiger partial charge is 0.306 e. The second-order valence-electron chi connectivity index (χ2n) is 4.33. The smallest absolute Gasteiger partial charge is 0.259 e. The number of hydrogen-bond acceptors (Lipinski definition) is 5. The first-order valence-corrected chi connectivity index (χ1v) is 6.14. The third-order valence-corrected chi connectivity index (χ3v) is 3.03. The highest BCUT2D eigenvalue weighted by Gasteiger charge is 2.16. The lowest BCUT2D eigenvalue weighted by molar-refractivity contribution is 0.102. The highest BCUT2D eigenvalue weighted by atomic mass is 16.1. The lowest BCUT2D eigenvalue weighted by Crippen LogP contribution is -2.16. The minimum atomic E-state index is -0.360. The Morgan fingerprint density at radius 3 is 2.95 bits per heavy atom. The first-order valence-electron chi connectivity index (χ1n) is 6.14. The number of nitrogens with one attached hydrogen (secondary N) is 1. The summed E-state index contributed by atoms with van der Waals surface area (Å²) < 4.78 is 1.44. The van der Waals surface area contributed by atoms with E-state index in [9.17, 15) is 4.79 Å². The summed E-state index contributed by atoms with van der Waals surface area (Å²) in [6.45, 7) is 0. The van der Waals surface area contributed by atoms with Gasteiger partial charge in [-0.1, -0.05) is 6.07 Å². The van der Waals surface area contributed by atoms with Crippen molar-refractivity contribution in [3.8, 4) is 6.07 Å². The molecule has 0 saturated carbocycles. The highest BCUT2D eigenvalue weighted by molar-refractivity contribution is 6.11. The lowest BCUT2D eigenvalue weighted by atomic mass is 10.1. The van der Waals surface area contributed by atoms with Crippen LogP contribution < -0.4 is 5.32 Å². The summed E-state index contributed by atoms with van der Waals surface area (Å²) in [6, 6.07) is 7.16. The molecule has 3 rings (SSSR count). The number of nitrogens with zero attached hydrogens (tertiary/aromatic N) is 5. The average Bonchev–Trinajstić information content (AvgIpc) is 2.87. The molecule has 0 radical (unpaired) electrons. The molecule has 2 aromatic heterocycles. The van der Waals surface area contributed by atoms with E-state index in [2.05, 4.69) is 20.4 Å². The van der Waals surface area contributed by atoms with Crippen molar-refractivity contribution in [2.75, 3.05) is 5.32 Å². The van der Waals surface area contributed by atoms with Crippen LogP contribution in [0.1, 0.15) is 15.9 Å². The maximum Gasteiger partial charge on any atom is 0.259 e. The summed E-state index contributed by atoms with van der Waals surface area (Å²) in [5.74, 6) is -0.00964. The van der Waals surface area contributed by atoms with Gasteiger partial charge in [0.25, 0.3) is 5.91 Å². The van der Waals surface area contributed by atoms with Gasteiger partial charge >= 0.3 is 0 Å². The summed E-state index contributed by atoms with van der Waals surface area (Å²) >= 11 is 0. The zero-order valence-electron chi connectivity index (χ0n) is 11.1. The Hall–Kier alpha value is -3.27. The van der Waals surface area contributed by atoms with Crippen LogP contribution >= 0.6 is 0 Å². The Kier molecular flexibility index (Phi) is 3.04. The topological polar surface area (TPSA) is 96.5 Å². The quantitative estimate of drug-likeness (QED) is 0.766. The van der Waals surface area contributed by atoms with Crippen molar-refractivity contribution in [3.63, 3.8) is 0 Å². The second kappa shape index (κ2) is 5.02. The van der Waals surface area contributed by atoms with Gasteiger partial charge in [-0.25, -0.2) is 0 Å². The molecule has 1 aromatic carbocycles. The number of aryl methyl sites for hydroxylation is 1. The van der Waals surface area contributed by atoms with Gasteiger partial charge in [-0.15, -0.1) is 0 Å². The van der Waals surface area contributed by atoms with Crippen LogP contribution in [0, 0.1) is 11.3 Å². The van der Waals surface area contributed by atoms with E-state index in [-0.39, 0.29) is 5.91 Å². The fourth-order valence-corrected chi connectivity index (χ4v) is 2.02. The van der Waals surface area contributed by atoms with Gasteiger partial charge in [-0.05, 0) is 12.1 Å². The molecule has 0 unspecified atom stereocenters. The molecule has 21 heavy (non-hydrogen) atoms. The number of benzene rings is 1. The normalized spacial score (nSPS) is 10.3. The Morgan fingerprint density at radius 1 is 1.33 bits per heavy atom. The molecule has 0 atom stereocenters. The van der Waals surface area contributed by atoms with E-state index in [1.165, 1.54) is 17.1 Å². The number of hydrogen-bond donors (Lipinski definition) is 1. The minimum absolute atomic E-state index is 0.303. The third kappa shape index (κ3) is 2.19. The van der Waals surface area contributed by atoms with Crippen molar-refractivity contribution in [2.45, 2.75) is 0 Å². The Balaban J connectivity index is 2.02. The maximum absolute atomic E-state index is 12.4. The van der Waals surface area contributed by atoms with E-state index in [0.717, 1.165) is 0 Å². The van der Waals surface area contributed by atoms with Crippen molar-refractivity contribution in [3.05, 3.63) is 47.9 Å². The van der Waals surface area contributed by atoms with Gasteiger partial charge < -0.3 is 5.32 Å². The van der Waals surface area contributed by atoms with E-state index >= 15 is 0 Å². The van der Waals surface area contributed by atoms with Gasteiger partial charge in [0.15, 0.2) is 0 Å². The number of carbonyl (C=O) groups is 1. The van der Waals surface area contributed by atoms with E-state index in [1.807, 2.05) is 6.07 Å². The molecule has 1 N–H and O–H groups in total. The Bertz CT molecular complexity index is 871. The number of aromatic nitrogens is 4. The predicted octanol–water partition coefficient (Wildman–Crippen LogP) is 1.49.